The zero-order valence-corrected chi connectivity index (χ0v) is 10.7. The largest absolute Gasteiger partial charge is 0.447 e. The second-order valence-electron chi connectivity index (χ2n) is 3.92. The Balaban J connectivity index is 2.56. The summed E-state index contributed by atoms with van der Waals surface area (Å²) in [5.74, 6) is 0. The van der Waals surface area contributed by atoms with Crippen LogP contribution in [0.2, 0.25) is 0 Å². The highest BCUT2D eigenvalue weighted by Gasteiger charge is 2.05. The van der Waals surface area contributed by atoms with Crippen LogP contribution in [-0.4, -0.2) is 17.2 Å². The molecule has 0 aliphatic rings. The van der Waals surface area contributed by atoms with Crippen LogP contribution in [0.15, 0.2) is 24.3 Å². The zero-order valence-electron chi connectivity index (χ0n) is 9.90. The van der Waals surface area contributed by atoms with Gasteiger partial charge in [0.1, 0.15) is 0 Å². The number of ether oxygens (including phenoxy) is 1. The lowest BCUT2D eigenvalue weighted by Gasteiger charge is -2.09. The van der Waals surface area contributed by atoms with Crippen molar-refractivity contribution in [1.29, 1.82) is 0 Å². The molecule has 5 heteroatoms. The molecule has 0 bridgehead atoms. The standard InChI is InChI=1S/C12H16N2O2S/c1-8(2)16-12(15)14-10-5-3-9(4-6-10)7-11(13)17/h3-6,8H,7H2,1-2H3,(H2,13,17)(H,14,15). The maximum Gasteiger partial charge on any atom is 0.411 e. The highest BCUT2D eigenvalue weighted by Crippen LogP contribution is 2.10. The topological polar surface area (TPSA) is 64.3 Å². The van der Waals surface area contributed by atoms with Crippen molar-refractivity contribution in [3.05, 3.63) is 29.8 Å². The summed E-state index contributed by atoms with van der Waals surface area (Å²) in [6.45, 7) is 3.59. The Morgan fingerprint density at radius 3 is 2.47 bits per heavy atom. The van der Waals surface area contributed by atoms with E-state index in [0.717, 1.165) is 5.56 Å². The molecule has 0 aromatic heterocycles. The van der Waals surface area contributed by atoms with Crippen molar-refractivity contribution in [2.45, 2.75) is 26.4 Å². The molecule has 3 N–H and O–H groups in total. The number of rotatable bonds is 4. The molecular formula is C12H16N2O2S. The lowest BCUT2D eigenvalue weighted by molar-refractivity contribution is 0.130. The lowest BCUT2D eigenvalue weighted by Crippen LogP contribution is -2.18. The summed E-state index contributed by atoms with van der Waals surface area (Å²) in [7, 11) is 0. The number of carbonyl (C=O) groups excluding carboxylic acids is 1. The third kappa shape index (κ3) is 5.31. The van der Waals surface area contributed by atoms with Crippen LogP contribution in [0.25, 0.3) is 0 Å². The van der Waals surface area contributed by atoms with Crippen molar-refractivity contribution in [2.75, 3.05) is 5.32 Å². The van der Waals surface area contributed by atoms with Crippen LogP contribution in [-0.2, 0) is 11.2 Å². The second-order valence-corrected chi connectivity index (χ2v) is 4.44. The summed E-state index contributed by atoms with van der Waals surface area (Å²) in [4.78, 5) is 11.8. The summed E-state index contributed by atoms with van der Waals surface area (Å²) in [6, 6.07) is 7.30. The molecule has 4 nitrogen and oxygen atoms in total. The average Bonchev–Trinajstić information content (AvgIpc) is 2.18. The lowest BCUT2D eigenvalue weighted by atomic mass is 10.1. The Bertz CT molecular complexity index is 401. The minimum Gasteiger partial charge on any atom is -0.447 e. The van der Waals surface area contributed by atoms with E-state index in [-0.39, 0.29) is 6.10 Å². The Labute approximate surface area is 106 Å². The fourth-order valence-corrected chi connectivity index (χ4v) is 1.44. The monoisotopic (exact) mass is 252 g/mol. The maximum atomic E-state index is 11.3. The van der Waals surface area contributed by atoms with Gasteiger partial charge >= 0.3 is 6.09 Å². The van der Waals surface area contributed by atoms with Gasteiger partial charge in [0.25, 0.3) is 0 Å². The van der Waals surface area contributed by atoms with Gasteiger partial charge in [-0.2, -0.15) is 0 Å². The van der Waals surface area contributed by atoms with E-state index in [1.165, 1.54) is 0 Å². The van der Waals surface area contributed by atoms with Crippen molar-refractivity contribution in [3.8, 4) is 0 Å². The number of anilines is 1. The van der Waals surface area contributed by atoms with E-state index in [2.05, 4.69) is 5.32 Å². The Kier molecular flexibility index (Phi) is 4.90. The molecule has 0 saturated heterocycles. The molecule has 0 spiro atoms. The zero-order chi connectivity index (χ0) is 12.8. The first kappa shape index (κ1) is 13.4. The molecular weight excluding hydrogens is 236 g/mol. The van der Waals surface area contributed by atoms with E-state index in [1.54, 1.807) is 26.0 Å². The molecule has 1 aromatic carbocycles. The van der Waals surface area contributed by atoms with Crippen LogP contribution in [0.3, 0.4) is 0 Å². The molecule has 0 saturated carbocycles. The van der Waals surface area contributed by atoms with E-state index in [0.29, 0.717) is 17.1 Å². The first-order valence-electron chi connectivity index (χ1n) is 5.32. The normalized spacial score (nSPS) is 10.1. The fourth-order valence-electron chi connectivity index (χ4n) is 1.27. The second kappa shape index (κ2) is 6.20. The summed E-state index contributed by atoms with van der Waals surface area (Å²) >= 11 is 4.82. The van der Waals surface area contributed by atoms with Crippen LogP contribution in [0, 0.1) is 0 Å². The number of thiocarbonyl (C=S) groups is 1. The first-order valence-corrected chi connectivity index (χ1v) is 5.73. The fraction of sp³-hybridized carbons (Fsp3) is 0.333. The molecule has 17 heavy (non-hydrogen) atoms. The quantitative estimate of drug-likeness (QED) is 0.808. The number of nitrogens with one attached hydrogen (secondary N) is 1. The van der Waals surface area contributed by atoms with Gasteiger partial charge in [-0.3, -0.25) is 5.32 Å². The molecule has 0 heterocycles. The van der Waals surface area contributed by atoms with Gasteiger partial charge in [-0.1, -0.05) is 24.4 Å². The minimum atomic E-state index is -0.456. The van der Waals surface area contributed by atoms with Gasteiger partial charge in [0, 0.05) is 12.1 Å². The van der Waals surface area contributed by atoms with E-state index < -0.39 is 6.09 Å². The molecule has 0 unspecified atom stereocenters. The van der Waals surface area contributed by atoms with E-state index >= 15 is 0 Å². The van der Waals surface area contributed by atoms with Gasteiger partial charge in [0.05, 0.1) is 11.1 Å². The number of benzene rings is 1. The smallest absolute Gasteiger partial charge is 0.411 e. The molecule has 0 aliphatic carbocycles. The van der Waals surface area contributed by atoms with E-state index in [4.69, 9.17) is 22.7 Å². The number of hydrogen-bond donors (Lipinski definition) is 2. The van der Waals surface area contributed by atoms with Crippen molar-refractivity contribution >= 4 is 29.0 Å². The van der Waals surface area contributed by atoms with E-state index in [9.17, 15) is 4.79 Å². The predicted octanol–water partition coefficient (Wildman–Crippen LogP) is 2.47. The minimum absolute atomic E-state index is 0.135. The van der Waals surface area contributed by atoms with E-state index in [1.807, 2.05) is 12.1 Å². The Morgan fingerprint density at radius 1 is 1.41 bits per heavy atom. The summed E-state index contributed by atoms with van der Waals surface area (Å²) < 4.78 is 4.96. The molecule has 0 atom stereocenters. The van der Waals surface area contributed by atoms with Gasteiger partial charge < -0.3 is 10.5 Å². The highest BCUT2D eigenvalue weighted by atomic mass is 32.1. The van der Waals surface area contributed by atoms with Gasteiger partial charge in [-0.15, -0.1) is 0 Å². The number of amides is 1. The Morgan fingerprint density at radius 2 is 2.00 bits per heavy atom. The molecule has 0 aliphatic heterocycles. The van der Waals surface area contributed by atoms with Crippen molar-refractivity contribution < 1.29 is 9.53 Å². The summed E-state index contributed by atoms with van der Waals surface area (Å²) in [6.07, 6.45) is -0.0301. The average molecular weight is 252 g/mol. The third-order valence-electron chi connectivity index (χ3n) is 1.92. The summed E-state index contributed by atoms with van der Waals surface area (Å²) in [5.41, 5.74) is 7.14. The van der Waals surface area contributed by atoms with Crippen LogP contribution in [0.1, 0.15) is 19.4 Å². The number of hydrogen-bond acceptors (Lipinski definition) is 3. The Hall–Kier alpha value is -1.62. The molecule has 0 fully saturated rings. The third-order valence-corrected chi connectivity index (χ3v) is 2.07. The van der Waals surface area contributed by atoms with Crippen LogP contribution in [0.5, 0.6) is 0 Å². The summed E-state index contributed by atoms with van der Waals surface area (Å²) in [5, 5.41) is 2.63. The molecule has 1 amide bonds. The molecule has 1 rings (SSSR count). The molecule has 1 aromatic rings. The van der Waals surface area contributed by atoms with Crippen molar-refractivity contribution in [3.63, 3.8) is 0 Å². The highest BCUT2D eigenvalue weighted by molar-refractivity contribution is 7.80. The van der Waals surface area contributed by atoms with Crippen LogP contribution >= 0.6 is 12.2 Å². The van der Waals surface area contributed by atoms with Crippen molar-refractivity contribution in [1.82, 2.24) is 0 Å². The number of nitrogens with two attached hydrogens (primary N) is 1. The first-order chi connectivity index (χ1) is 7.97. The van der Waals surface area contributed by atoms with Crippen LogP contribution < -0.4 is 11.1 Å². The van der Waals surface area contributed by atoms with Crippen molar-refractivity contribution in [2.24, 2.45) is 5.73 Å². The van der Waals surface area contributed by atoms with Gasteiger partial charge in [0.2, 0.25) is 0 Å². The van der Waals surface area contributed by atoms with Gasteiger partial charge in [-0.25, -0.2) is 4.79 Å². The van der Waals surface area contributed by atoms with Gasteiger partial charge in [0.15, 0.2) is 0 Å². The van der Waals surface area contributed by atoms with Crippen LogP contribution in [0.4, 0.5) is 10.5 Å². The van der Waals surface area contributed by atoms with Gasteiger partial charge in [-0.05, 0) is 31.5 Å². The molecule has 0 radical (unpaired) electrons. The predicted molar refractivity (Wildman–Crippen MR) is 72.2 cm³/mol. The SMILES string of the molecule is CC(C)OC(=O)Nc1ccc(CC(N)=S)cc1. The number of carbonyl (C=O) groups is 1. The maximum absolute atomic E-state index is 11.3. The molecule has 92 valence electrons.